The van der Waals surface area contributed by atoms with E-state index in [1.165, 1.54) is 11.3 Å². The Kier molecular flexibility index (Phi) is 5.85. The van der Waals surface area contributed by atoms with Gasteiger partial charge in [-0.3, -0.25) is 0 Å². The predicted octanol–water partition coefficient (Wildman–Crippen LogP) is 3.44. The van der Waals surface area contributed by atoms with Crippen molar-refractivity contribution in [2.45, 2.75) is 25.2 Å². The summed E-state index contributed by atoms with van der Waals surface area (Å²) in [4.78, 5) is 2.35. The molecule has 0 N–H and O–H groups in total. The van der Waals surface area contributed by atoms with E-state index >= 15 is 0 Å². The highest BCUT2D eigenvalue weighted by atomic mass is 79.9. The standard InChI is InChI=1S/C13H20BrNO/c1-4-15(11(2)10-16-3)13-7-5-12(9-14)6-8-13/h5-8,11H,4,9-10H2,1-3H3. The topological polar surface area (TPSA) is 12.5 Å². The molecule has 1 aromatic rings. The second-order valence-electron chi connectivity index (χ2n) is 3.89. The summed E-state index contributed by atoms with van der Waals surface area (Å²) in [7, 11) is 1.75. The largest absolute Gasteiger partial charge is 0.383 e. The molecule has 0 aliphatic heterocycles. The van der Waals surface area contributed by atoms with Crippen molar-refractivity contribution in [3.8, 4) is 0 Å². The number of hydrogen-bond donors (Lipinski definition) is 0. The maximum Gasteiger partial charge on any atom is 0.0663 e. The fourth-order valence-corrected chi connectivity index (χ4v) is 2.23. The molecule has 0 spiro atoms. The number of alkyl halides is 1. The lowest BCUT2D eigenvalue weighted by atomic mass is 10.2. The van der Waals surface area contributed by atoms with Gasteiger partial charge in [-0.1, -0.05) is 28.1 Å². The number of methoxy groups -OCH3 is 1. The summed E-state index contributed by atoms with van der Waals surface area (Å²) in [6.07, 6.45) is 0. The van der Waals surface area contributed by atoms with Crippen LogP contribution in [0.4, 0.5) is 5.69 Å². The van der Waals surface area contributed by atoms with E-state index in [1.807, 2.05) is 0 Å². The molecule has 1 atom stereocenters. The lowest BCUT2D eigenvalue weighted by molar-refractivity contribution is 0.182. The van der Waals surface area contributed by atoms with Crippen LogP contribution in [0.3, 0.4) is 0 Å². The molecule has 0 aliphatic rings. The minimum atomic E-state index is 0.407. The number of likely N-dealkylation sites (N-methyl/N-ethyl adjacent to an activating group) is 1. The third-order valence-electron chi connectivity index (χ3n) is 2.70. The van der Waals surface area contributed by atoms with Crippen molar-refractivity contribution >= 4 is 21.6 Å². The second-order valence-corrected chi connectivity index (χ2v) is 4.45. The van der Waals surface area contributed by atoms with Crippen LogP contribution in [0.2, 0.25) is 0 Å². The van der Waals surface area contributed by atoms with Gasteiger partial charge in [0.1, 0.15) is 0 Å². The van der Waals surface area contributed by atoms with E-state index in [1.54, 1.807) is 7.11 Å². The zero-order chi connectivity index (χ0) is 12.0. The zero-order valence-corrected chi connectivity index (χ0v) is 11.8. The third-order valence-corrected chi connectivity index (χ3v) is 3.35. The average Bonchev–Trinajstić information content (AvgIpc) is 2.31. The summed E-state index contributed by atoms with van der Waals surface area (Å²) < 4.78 is 5.20. The van der Waals surface area contributed by atoms with E-state index in [4.69, 9.17) is 4.74 Å². The average molecular weight is 286 g/mol. The number of hydrogen-bond acceptors (Lipinski definition) is 2. The van der Waals surface area contributed by atoms with E-state index in [0.717, 1.165) is 18.5 Å². The Morgan fingerprint density at radius 1 is 1.31 bits per heavy atom. The molecule has 16 heavy (non-hydrogen) atoms. The van der Waals surface area contributed by atoms with E-state index in [9.17, 15) is 0 Å². The van der Waals surface area contributed by atoms with Crippen molar-refractivity contribution in [1.82, 2.24) is 0 Å². The third kappa shape index (κ3) is 3.49. The van der Waals surface area contributed by atoms with Crippen molar-refractivity contribution in [3.63, 3.8) is 0 Å². The maximum absolute atomic E-state index is 5.20. The molecular weight excluding hydrogens is 266 g/mol. The van der Waals surface area contributed by atoms with Gasteiger partial charge in [0, 0.05) is 30.7 Å². The second kappa shape index (κ2) is 6.92. The van der Waals surface area contributed by atoms with Gasteiger partial charge in [-0.15, -0.1) is 0 Å². The molecule has 1 aromatic carbocycles. The highest BCUT2D eigenvalue weighted by Gasteiger charge is 2.12. The summed E-state index contributed by atoms with van der Waals surface area (Å²) >= 11 is 3.46. The predicted molar refractivity (Wildman–Crippen MR) is 73.4 cm³/mol. The Hall–Kier alpha value is -0.540. The van der Waals surface area contributed by atoms with Crippen molar-refractivity contribution in [3.05, 3.63) is 29.8 Å². The summed E-state index contributed by atoms with van der Waals surface area (Å²) in [5, 5.41) is 0.910. The van der Waals surface area contributed by atoms with Gasteiger partial charge in [0.05, 0.1) is 6.61 Å². The van der Waals surface area contributed by atoms with Crippen LogP contribution >= 0.6 is 15.9 Å². The van der Waals surface area contributed by atoms with Gasteiger partial charge < -0.3 is 9.64 Å². The number of anilines is 1. The molecule has 0 bridgehead atoms. The smallest absolute Gasteiger partial charge is 0.0663 e. The monoisotopic (exact) mass is 285 g/mol. The molecule has 1 unspecified atom stereocenters. The normalized spacial score (nSPS) is 12.5. The summed E-state index contributed by atoms with van der Waals surface area (Å²) in [6.45, 7) is 6.11. The number of halogens is 1. The minimum absolute atomic E-state index is 0.407. The van der Waals surface area contributed by atoms with Crippen molar-refractivity contribution < 1.29 is 4.74 Å². The Labute approximate surface area is 107 Å². The SMILES string of the molecule is CCN(c1ccc(CBr)cc1)C(C)COC. The summed E-state index contributed by atoms with van der Waals surface area (Å²) in [5.41, 5.74) is 2.57. The molecule has 0 radical (unpaired) electrons. The number of nitrogens with zero attached hydrogens (tertiary/aromatic N) is 1. The molecule has 0 amide bonds. The summed E-state index contributed by atoms with van der Waals surface area (Å²) in [5.74, 6) is 0. The van der Waals surface area contributed by atoms with Gasteiger partial charge in [-0.25, -0.2) is 0 Å². The van der Waals surface area contributed by atoms with Crippen LogP contribution in [0.25, 0.3) is 0 Å². The van der Waals surface area contributed by atoms with Gasteiger partial charge in [0.2, 0.25) is 0 Å². The van der Waals surface area contributed by atoms with E-state index in [-0.39, 0.29) is 0 Å². The minimum Gasteiger partial charge on any atom is -0.383 e. The van der Waals surface area contributed by atoms with Crippen molar-refractivity contribution in [2.75, 3.05) is 25.2 Å². The summed E-state index contributed by atoms with van der Waals surface area (Å²) in [6, 6.07) is 9.07. The first-order valence-electron chi connectivity index (χ1n) is 5.63. The van der Waals surface area contributed by atoms with Gasteiger partial charge in [-0.05, 0) is 31.5 Å². The van der Waals surface area contributed by atoms with Crippen molar-refractivity contribution in [1.29, 1.82) is 0 Å². The molecule has 90 valence electrons. The van der Waals surface area contributed by atoms with Gasteiger partial charge in [0.25, 0.3) is 0 Å². The molecule has 0 saturated carbocycles. The molecule has 0 fully saturated rings. The Balaban J connectivity index is 2.78. The van der Waals surface area contributed by atoms with Crippen LogP contribution in [-0.4, -0.2) is 26.3 Å². The van der Waals surface area contributed by atoms with Crippen LogP contribution in [0.5, 0.6) is 0 Å². The van der Waals surface area contributed by atoms with Gasteiger partial charge >= 0.3 is 0 Å². The lowest BCUT2D eigenvalue weighted by Gasteiger charge is -2.29. The molecule has 0 heterocycles. The molecule has 0 aliphatic carbocycles. The first-order chi connectivity index (χ1) is 7.72. The fraction of sp³-hybridized carbons (Fsp3) is 0.538. The number of benzene rings is 1. The number of ether oxygens (including phenoxy) is 1. The maximum atomic E-state index is 5.20. The lowest BCUT2D eigenvalue weighted by Crippen LogP contribution is -2.36. The van der Waals surface area contributed by atoms with E-state index in [2.05, 4.69) is 58.9 Å². The highest BCUT2D eigenvalue weighted by molar-refractivity contribution is 9.08. The molecule has 0 saturated heterocycles. The molecular formula is C13H20BrNO. The van der Waals surface area contributed by atoms with Crippen LogP contribution in [0, 0.1) is 0 Å². The Morgan fingerprint density at radius 2 is 1.94 bits per heavy atom. The molecule has 0 aromatic heterocycles. The Bertz CT molecular complexity index is 299. The zero-order valence-electron chi connectivity index (χ0n) is 10.2. The van der Waals surface area contributed by atoms with Crippen molar-refractivity contribution in [2.24, 2.45) is 0 Å². The first-order valence-corrected chi connectivity index (χ1v) is 6.75. The van der Waals surface area contributed by atoms with Crippen LogP contribution < -0.4 is 4.90 Å². The van der Waals surface area contributed by atoms with E-state index < -0.39 is 0 Å². The van der Waals surface area contributed by atoms with E-state index in [0.29, 0.717) is 6.04 Å². The van der Waals surface area contributed by atoms with Crippen LogP contribution in [-0.2, 0) is 10.1 Å². The fourth-order valence-electron chi connectivity index (χ4n) is 1.86. The number of rotatable bonds is 6. The van der Waals surface area contributed by atoms with Gasteiger partial charge in [-0.2, -0.15) is 0 Å². The van der Waals surface area contributed by atoms with Gasteiger partial charge in [0.15, 0.2) is 0 Å². The quantitative estimate of drug-likeness (QED) is 0.743. The van der Waals surface area contributed by atoms with Crippen LogP contribution in [0.1, 0.15) is 19.4 Å². The Morgan fingerprint density at radius 3 is 2.38 bits per heavy atom. The van der Waals surface area contributed by atoms with Crippen LogP contribution in [0.15, 0.2) is 24.3 Å². The first kappa shape index (κ1) is 13.5. The molecule has 2 nitrogen and oxygen atoms in total. The molecule has 1 rings (SSSR count). The molecule has 3 heteroatoms. The highest BCUT2D eigenvalue weighted by Crippen LogP contribution is 2.18.